The van der Waals surface area contributed by atoms with Gasteiger partial charge >= 0.3 is 6.18 Å². The van der Waals surface area contributed by atoms with Gasteiger partial charge in [0.05, 0.1) is 18.2 Å². The van der Waals surface area contributed by atoms with Gasteiger partial charge in [-0.25, -0.2) is 0 Å². The summed E-state index contributed by atoms with van der Waals surface area (Å²) in [7, 11) is 0. The lowest BCUT2D eigenvalue weighted by molar-refractivity contribution is -0.137. The van der Waals surface area contributed by atoms with Gasteiger partial charge in [-0.1, -0.05) is 13.8 Å². The standard InChI is InChI=1S/C19H25F3N2O3/c1-13(2)11-16(12-25)24-10-9-23(8-7-17(24)26)18(27)14-3-5-15(6-4-14)19(20,21)22/h3-6,13,16,25H,7-12H2,1-2H3/t16-/m0/s1. The Bertz CT molecular complexity index is 659. The number of benzene rings is 1. The second-order valence-electron chi connectivity index (χ2n) is 7.17. The summed E-state index contributed by atoms with van der Waals surface area (Å²) in [5.41, 5.74) is -0.652. The molecule has 1 aliphatic heterocycles. The van der Waals surface area contributed by atoms with Gasteiger partial charge < -0.3 is 14.9 Å². The summed E-state index contributed by atoms with van der Waals surface area (Å²) >= 11 is 0. The van der Waals surface area contributed by atoms with Gasteiger partial charge in [-0.3, -0.25) is 9.59 Å². The average molecular weight is 386 g/mol. The lowest BCUT2D eigenvalue weighted by Gasteiger charge is -2.30. The fraction of sp³-hybridized carbons (Fsp3) is 0.579. The van der Waals surface area contributed by atoms with E-state index in [1.54, 1.807) is 4.90 Å². The number of alkyl halides is 3. The molecule has 2 amide bonds. The van der Waals surface area contributed by atoms with Gasteiger partial charge in [0.1, 0.15) is 0 Å². The Morgan fingerprint density at radius 1 is 1.15 bits per heavy atom. The first-order valence-electron chi connectivity index (χ1n) is 9.00. The number of rotatable bonds is 5. The molecule has 1 N–H and O–H groups in total. The molecule has 1 heterocycles. The molecule has 1 atom stereocenters. The smallest absolute Gasteiger partial charge is 0.394 e. The molecule has 5 nitrogen and oxygen atoms in total. The average Bonchev–Trinajstić information content (AvgIpc) is 2.80. The number of carbonyl (C=O) groups is 2. The highest BCUT2D eigenvalue weighted by Crippen LogP contribution is 2.29. The maximum absolute atomic E-state index is 12.7. The number of carbonyl (C=O) groups excluding carboxylic acids is 2. The van der Waals surface area contributed by atoms with Crippen molar-refractivity contribution in [1.29, 1.82) is 0 Å². The molecule has 0 spiro atoms. The van der Waals surface area contributed by atoms with Crippen molar-refractivity contribution in [3.05, 3.63) is 35.4 Å². The molecule has 1 aromatic carbocycles. The molecule has 150 valence electrons. The second kappa shape index (κ2) is 8.73. The van der Waals surface area contributed by atoms with Crippen molar-refractivity contribution in [1.82, 2.24) is 9.80 Å². The van der Waals surface area contributed by atoms with Crippen molar-refractivity contribution in [2.45, 2.75) is 38.9 Å². The number of hydrogen-bond acceptors (Lipinski definition) is 3. The first kappa shape index (κ1) is 21.2. The quantitative estimate of drug-likeness (QED) is 0.847. The van der Waals surface area contributed by atoms with Crippen LogP contribution in [0.25, 0.3) is 0 Å². The van der Waals surface area contributed by atoms with Gasteiger partial charge in [0.2, 0.25) is 5.91 Å². The molecule has 0 bridgehead atoms. The van der Waals surface area contributed by atoms with E-state index in [1.807, 2.05) is 13.8 Å². The Morgan fingerprint density at radius 2 is 1.78 bits per heavy atom. The highest BCUT2D eigenvalue weighted by Gasteiger charge is 2.32. The van der Waals surface area contributed by atoms with Crippen molar-refractivity contribution >= 4 is 11.8 Å². The normalized spacial score (nSPS) is 17.2. The summed E-state index contributed by atoms with van der Waals surface area (Å²) < 4.78 is 38.0. The number of hydrogen-bond donors (Lipinski definition) is 1. The van der Waals surface area contributed by atoms with Gasteiger partial charge in [0.25, 0.3) is 5.91 Å². The fourth-order valence-electron chi connectivity index (χ4n) is 3.26. The molecule has 27 heavy (non-hydrogen) atoms. The van der Waals surface area contributed by atoms with E-state index >= 15 is 0 Å². The lowest BCUT2D eigenvalue weighted by atomic mass is 10.0. The Kier molecular flexibility index (Phi) is 6.86. The number of aliphatic hydroxyl groups excluding tert-OH is 1. The monoisotopic (exact) mass is 386 g/mol. The van der Waals surface area contributed by atoms with E-state index in [0.29, 0.717) is 18.9 Å². The van der Waals surface area contributed by atoms with Crippen LogP contribution in [0, 0.1) is 5.92 Å². The van der Waals surface area contributed by atoms with Crippen LogP contribution >= 0.6 is 0 Å². The zero-order valence-electron chi connectivity index (χ0n) is 15.5. The van der Waals surface area contributed by atoms with E-state index in [1.165, 1.54) is 4.90 Å². The van der Waals surface area contributed by atoms with Crippen LogP contribution in [0.3, 0.4) is 0 Å². The van der Waals surface area contributed by atoms with Gasteiger partial charge in [0, 0.05) is 31.6 Å². The molecule has 0 aliphatic carbocycles. The Balaban J connectivity index is 2.08. The molecule has 8 heteroatoms. The molecule has 1 aromatic rings. The zero-order chi connectivity index (χ0) is 20.2. The number of aliphatic hydroxyl groups is 1. The number of nitrogens with zero attached hydrogens (tertiary/aromatic N) is 2. The first-order chi connectivity index (χ1) is 12.6. The Labute approximate surface area is 156 Å². The number of amides is 2. The van der Waals surface area contributed by atoms with E-state index in [4.69, 9.17) is 0 Å². The zero-order valence-corrected chi connectivity index (χ0v) is 15.5. The maximum atomic E-state index is 12.7. The van der Waals surface area contributed by atoms with Crippen LogP contribution in [0.1, 0.15) is 42.6 Å². The first-order valence-corrected chi connectivity index (χ1v) is 9.00. The van der Waals surface area contributed by atoms with Crippen molar-refractivity contribution in [3.63, 3.8) is 0 Å². The minimum Gasteiger partial charge on any atom is -0.394 e. The predicted molar refractivity (Wildman–Crippen MR) is 94.0 cm³/mol. The van der Waals surface area contributed by atoms with Gasteiger partial charge in [-0.05, 0) is 36.6 Å². The number of halogens is 3. The molecular formula is C19H25F3N2O3. The van der Waals surface area contributed by atoms with E-state index in [0.717, 1.165) is 24.3 Å². The van der Waals surface area contributed by atoms with Gasteiger partial charge in [-0.2, -0.15) is 13.2 Å². The highest BCUT2D eigenvalue weighted by atomic mass is 19.4. The molecular weight excluding hydrogens is 361 g/mol. The largest absolute Gasteiger partial charge is 0.416 e. The van der Waals surface area contributed by atoms with E-state index in [-0.39, 0.29) is 43.6 Å². The van der Waals surface area contributed by atoms with Crippen molar-refractivity contribution in [2.24, 2.45) is 5.92 Å². The van der Waals surface area contributed by atoms with Crippen molar-refractivity contribution in [2.75, 3.05) is 26.2 Å². The van der Waals surface area contributed by atoms with Crippen molar-refractivity contribution in [3.8, 4) is 0 Å². The second-order valence-corrected chi connectivity index (χ2v) is 7.17. The molecule has 0 aromatic heterocycles. The lowest BCUT2D eigenvalue weighted by Crippen LogP contribution is -2.44. The van der Waals surface area contributed by atoms with E-state index < -0.39 is 17.6 Å². The van der Waals surface area contributed by atoms with Crippen LogP contribution in [-0.4, -0.2) is 59.0 Å². The topological polar surface area (TPSA) is 60.9 Å². The maximum Gasteiger partial charge on any atom is 0.416 e. The molecule has 1 aliphatic rings. The minimum absolute atomic E-state index is 0.126. The minimum atomic E-state index is -4.45. The molecule has 0 unspecified atom stereocenters. The van der Waals surface area contributed by atoms with E-state index in [2.05, 4.69) is 0 Å². The summed E-state index contributed by atoms with van der Waals surface area (Å²) in [6, 6.07) is 3.79. The summed E-state index contributed by atoms with van der Waals surface area (Å²) in [6.45, 7) is 4.64. The summed E-state index contributed by atoms with van der Waals surface area (Å²) in [5, 5.41) is 9.62. The molecule has 1 saturated heterocycles. The molecule has 1 fully saturated rings. The summed E-state index contributed by atoms with van der Waals surface area (Å²) in [5.74, 6) is -0.219. The Hall–Kier alpha value is -2.09. The molecule has 0 radical (unpaired) electrons. The van der Waals surface area contributed by atoms with E-state index in [9.17, 15) is 27.9 Å². The fourth-order valence-corrected chi connectivity index (χ4v) is 3.26. The predicted octanol–water partition coefficient (Wildman–Crippen LogP) is 2.79. The molecule has 2 rings (SSSR count). The molecule has 0 saturated carbocycles. The van der Waals surface area contributed by atoms with Crippen LogP contribution in [0.4, 0.5) is 13.2 Å². The van der Waals surface area contributed by atoms with Crippen LogP contribution in [0.5, 0.6) is 0 Å². The highest BCUT2D eigenvalue weighted by molar-refractivity contribution is 5.94. The van der Waals surface area contributed by atoms with Gasteiger partial charge in [0.15, 0.2) is 0 Å². The SMILES string of the molecule is CC(C)C[C@@H](CO)N1CCN(C(=O)c2ccc(C(F)(F)F)cc2)CCC1=O. The summed E-state index contributed by atoms with van der Waals surface area (Å²) in [6.07, 6.45) is -3.66. The third-order valence-corrected chi connectivity index (χ3v) is 4.67. The van der Waals surface area contributed by atoms with Crippen LogP contribution in [0.15, 0.2) is 24.3 Å². The summed E-state index contributed by atoms with van der Waals surface area (Å²) in [4.78, 5) is 28.1. The van der Waals surface area contributed by atoms with Crippen molar-refractivity contribution < 1.29 is 27.9 Å². The van der Waals surface area contributed by atoms with Gasteiger partial charge in [-0.15, -0.1) is 0 Å². The van der Waals surface area contributed by atoms with Crippen LogP contribution in [-0.2, 0) is 11.0 Å². The Morgan fingerprint density at radius 3 is 2.30 bits per heavy atom. The van der Waals surface area contributed by atoms with Crippen LogP contribution < -0.4 is 0 Å². The third-order valence-electron chi connectivity index (χ3n) is 4.67. The third kappa shape index (κ3) is 5.45. The van der Waals surface area contributed by atoms with Crippen LogP contribution in [0.2, 0.25) is 0 Å².